The highest BCUT2D eigenvalue weighted by molar-refractivity contribution is 9.10. The number of H-pyrrole nitrogens is 1. The minimum atomic E-state index is 0.189. The molecule has 0 aliphatic heterocycles. The predicted octanol–water partition coefficient (Wildman–Crippen LogP) is 2.85. The Bertz CT molecular complexity index is 452. The molecule has 18 heavy (non-hydrogen) atoms. The molecule has 2 aromatic heterocycles. The molecule has 4 nitrogen and oxygen atoms in total. The minimum absolute atomic E-state index is 0.189. The summed E-state index contributed by atoms with van der Waals surface area (Å²) in [6.07, 6.45) is 7.40. The Kier molecular flexibility index (Phi) is 4.90. The van der Waals surface area contributed by atoms with Gasteiger partial charge in [-0.2, -0.15) is 0 Å². The van der Waals surface area contributed by atoms with E-state index in [1.165, 1.54) is 0 Å². The van der Waals surface area contributed by atoms with Gasteiger partial charge in [-0.15, -0.1) is 0 Å². The van der Waals surface area contributed by atoms with Crippen molar-refractivity contribution in [3.8, 4) is 0 Å². The lowest BCUT2D eigenvalue weighted by molar-refractivity contribution is 0.504. The Morgan fingerprint density at radius 2 is 2.28 bits per heavy atom. The largest absolute Gasteiger partial charge is 0.347 e. The Hall–Kier alpha value is -1.20. The molecule has 0 saturated heterocycles. The van der Waals surface area contributed by atoms with Crippen LogP contribution in [-0.4, -0.2) is 21.5 Å². The van der Waals surface area contributed by atoms with Crippen LogP contribution < -0.4 is 5.32 Å². The Balaban J connectivity index is 2.07. The molecule has 2 heterocycles. The highest BCUT2D eigenvalue weighted by atomic mass is 79.9. The van der Waals surface area contributed by atoms with Gasteiger partial charge in [0.05, 0.1) is 6.04 Å². The lowest BCUT2D eigenvalue weighted by Crippen LogP contribution is -2.25. The fourth-order valence-electron chi connectivity index (χ4n) is 1.79. The molecule has 0 fully saturated rings. The summed E-state index contributed by atoms with van der Waals surface area (Å²) in [5, 5.41) is 3.49. The first-order chi connectivity index (χ1) is 8.79. The van der Waals surface area contributed by atoms with E-state index in [2.05, 4.69) is 43.1 Å². The molecule has 0 spiro atoms. The van der Waals surface area contributed by atoms with Crippen LogP contribution >= 0.6 is 15.9 Å². The number of aromatic nitrogens is 3. The number of pyridine rings is 1. The number of rotatable bonds is 6. The highest BCUT2D eigenvalue weighted by Gasteiger charge is 2.14. The van der Waals surface area contributed by atoms with Gasteiger partial charge in [-0.1, -0.05) is 6.92 Å². The number of hydrogen-bond donors (Lipinski definition) is 2. The van der Waals surface area contributed by atoms with Gasteiger partial charge >= 0.3 is 0 Å². The molecule has 0 bridgehead atoms. The maximum absolute atomic E-state index is 4.41. The first-order valence-electron chi connectivity index (χ1n) is 6.12. The van der Waals surface area contributed by atoms with Crippen molar-refractivity contribution in [2.24, 2.45) is 0 Å². The van der Waals surface area contributed by atoms with Gasteiger partial charge in [0.1, 0.15) is 5.82 Å². The van der Waals surface area contributed by atoms with Crippen LogP contribution in [0.15, 0.2) is 35.2 Å². The second-order valence-electron chi connectivity index (χ2n) is 4.15. The predicted molar refractivity (Wildman–Crippen MR) is 75.3 cm³/mol. The number of nitrogens with one attached hydrogen (secondary N) is 2. The van der Waals surface area contributed by atoms with Crippen LogP contribution in [0, 0.1) is 0 Å². The van der Waals surface area contributed by atoms with Crippen molar-refractivity contribution in [3.05, 3.63) is 46.7 Å². The highest BCUT2D eigenvalue weighted by Crippen LogP contribution is 2.15. The molecule has 0 amide bonds. The molecule has 1 unspecified atom stereocenters. The third kappa shape index (κ3) is 3.65. The number of hydrogen-bond acceptors (Lipinski definition) is 3. The van der Waals surface area contributed by atoms with Crippen molar-refractivity contribution in [3.63, 3.8) is 0 Å². The molecular weight excluding hydrogens is 292 g/mol. The standard InChI is InChI=1S/C13H17BrN4/c1-2-5-15-12(13-16-6-7-17-13)8-11-4-3-10(14)9-18-11/h3-4,6-7,9,12,15H,2,5,8H2,1H3,(H,16,17). The quantitative estimate of drug-likeness (QED) is 0.863. The normalized spacial score (nSPS) is 12.6. The molecule has 0 aliphatic rings. The monoisotopic (exact) mass is 308 g/mol. The van der Waals surface area contributed by atoms with Gasteiger partial charge in [0.15, 0.2) is 0 Å². The smallest absolute Gasteiger partial charge is 0.123 e. The van der Waals surface area contributed by atoms with Gasteiger partial charge in [-0.05, 0) is 41.0 Å². The number of nitrogens with zero attached hydrogens (tertiary/aromatic N) is 2. The van der Waals surface area contributed by atoms with E-state index in [-0.39, 0.29) is 6.04 Å². The molecular formula is C13H17BrN4. The molecule has 2 N–H and O–H groups in total. The molecule has 0 saturated carbocycles. The average molecular weight is 309 g/mol. The van der Waals surface area contributed by atoms with Crippen LogP contribution in [0.3, 0.4) is 0 Å². The first-order valence-corrected chi connectivity index (χ1v) is 6.92. The topological polar surface area (TPSA) is 53.6 Å². The number of aromatic amines is 1. The van der Waals surface area contributed by atoms with E-state index in [0.717, 1.165) is 35.4 Å². The fourth-order valence-corrected chi connectivity index (χ4v) is 2.02. The third-order valence-corrected chi connectivity index (χ3v) is 3.16. The van der Waals surface area contributed by atoms with Gasteiger partial charge < -0.3 is 10.3 Å². The molecule has 0 aliphatic carbocycles. The third-order valence-electron chi connectivity index (χ3n) is 2.69. The summed E-state index contributed by atoms with van der Waals surface area (Å²) >= 11 is 3.40. The summed E-state index contributed by atoms with van der Waals surface area (Å²) in [7, 11) is 0. The molecule has 0 aromatic carbocycles. The van der Waals surface area contributed by atoms with Crippen molar-refractivity contribution >= 4 is 15.9 Å². The zero-order valence-electron chi connectivity index (χ0n) is 10.4. The van der Waals surface area contributed by atoms with E-state index in [1.807, 2.05) is 24.5 Å². The molecule has 0 radical (unpaired) electrons. The SMILES string of the molecule is CCCNC(Cc1ccc(Br)cn1)c1ncc[nH]1. The van der Waals surface area contributed by atoms with Crippen molar-refractivity contribution in [2.45, 2.75) is 25.8 Å². The lowest BCUT2D eigenvalue weighted by atomic mass is 10.1. The van der Waals surface area contributed by atoms with Crippen LogP contribution in [0.1, 0.15) is 30.9 Å². The van der Waals surface area contributed by atoms with E-state index < -0.39 is 0 Å². The Morgan fingerprint density at radius 1 is 1.39 bits per heavy atom. The zero-order chi connectivity index (χ0) is 12.8. The van der Waals surface area contributed by atoms with Crippen LogP contribution in [0.4, 0.5) is 0 Å². The fraction of sp³-hybridized carbons (Fsp3) is 0.385. The number of imidazole rings is 1. The first kappa shape index (κ1) is 13.2. The molecule has 5 heteroatoms. The van der Waals surface area contributed by atoms with Crippen LogP contribution in [0.5, 0.6) is 0 Å². The summed E-state index contributed by atoms with van der Waals surface area (Å²) in [6.45, 7) is 3.13. The maximum Gasteiger partial charge on any atom is 0.123 e. The van der Waals surface area contributed by atoms with Crippen LogP contribution in [-0.2, 0) is 6.42 Å². The molecule has 1 atom stereocenters. The lowest BCUT2D eigenvalue weighted by Gasteiger charge is -2.15. The van der Waals surface area contributed by atoms with E-state index in [0.29, 0.717) is 0 Å². The van der Waals surface area contributed by atoms with E-state index in [1.54, 1.807) is 6.20 Å². The van der Waals surface area contributed by atoms with E-state index in [9.17, 15) is 0 Å². The van der Waals surface area contributed by atoms with Crippen LogP contribution in [0.2, 0.25) is 0 Å². The molecule has 2 aromatic rings. The maximum atomic E-state index is 4.41. The van der Waals surface area contributed by atoms with E-state index >= 15 is 0 Å². The Labute approximate surface area is 115 Å². The Morgan fingerprint density at radius 3 is 2.89 bits per heavy atom. The summed E-state index contributed by atoms with van der Waals surface area (Å²) < 4.78 is 1.00. The summed E-state index contributed by atoms with van der Waals surface area (Å²) in [5.41, 5.74) is 1.06. The van der Waals surface area contributed by atoms with Crippen molar-refractivity contribution in [2.75, 3.05) is 6.54 Å². The van der Waals surface area contributed by atoms with Crippen LogP contribution in [0.25, 0.3) is 0 Å². The zero-order valence-corrected chi connectivity index (χ0v) is 11.9. The molecule has 96 valence electrons. The van der Waals surface area contributed by atoms with Gasteiger partial charge in [0.2, 0.25) is 0 Å². The van der Waals surface area contributed by atoms with Gasteiger partial charge in [0, 0.05) is 35.2 Å². The molecule has 2 rings (SSSR count). The second-order valence-corrected chi connectivity index (χ2v) is 5.07. The van der Waals surface area contributed by atoms with Gasteiger partial charge in [0.25, 0.3) is 0 Å². The minimum Gasteiger partial charge on any atom is -0.347 e. The van der Waals surface area contributed by atoms with Gasteiger partial charge in [-0.25, -0.2) is 4.98 Å². The summed E-state index contributed by atoms with van der Waals surface area (Å²) in [5.74, 6) is 0.966. The van der Waals surface area contributed by atoms with Crippen molar-refractivity contribution in [1.29, 1.82) is 0 Å². The van der Waals surface area contributed by atoms with E-state index in [4.69, 9.17) is 0 Å². The average Bonchev–Trinajstić information content (AvgIpc) is 2.90. The van der Waals surface area contributed by atoms with Crippen molar-refractivity contribution in [1.82, 2.24) is 20.3 Å². The summed E-state index contributed by atoms with van der Waals surface area (Å²) in [6, 6.07) is 4.24. The summed E-state index contributed by atoms with van der Waals surface area (Å²) in [4.78, 5) is 11.9. The number of halogens is 1. The van der Waals surface area contributed by atoms with Gasteiger partial charge in [-0.3, -0.25) is 4.98 Å². The second kappa shape index (κ2) is 6.66. The van der Waals surface area contributed by atoms with Crippen molar-refractivity contribution < 1.29 is 0 Å².